The maximum atomic E-state index is 12.8. The monoisotopic (exact) mass is 436 g/mol. The van der Waals surface area contributed by atoms with E-state index in [9.17, 15) is 9.59 Å². The smallest absolute Gasteiger partial charge is 0.251 e. The van der Waals surface area contributed by atoms with Gasteiger partial charge in [0.25, 0.3) is 5.91 Å². The Hall–Kier alpha value is -2.99. The van der Waals surface area contributed by atoms with Crippen molar-refractivity contribution in [1.82, 2.24) is 10.3 Å². The Labute approximate surface area is 186 Å². The number of nitrogens with one attached hydrogen (secondary N) is 2. The van der Waals surface area contributed by atoms with Crippen LogP contribution in [0.15, 0.2) is 42.6 Å². The van der Waals surface area contributed by atoms with Crippen LogP contribution in [0.5, 0.6) is 0 Å². The van der Waals surface area contributed by atoms with Crippen molar-refractivity contribution in [2.45, 2.75) is 31.7 Å². The lowest BCUT2D eigenvalue weighted by atomic mass is 9.96. The molecule has 3 aromatic rings. The van der Waals surface area contributed by atoms with Gasteiger partial charge in [0.1, 0.15) is 6.04 Å². The van der Waals surface area contributed by atoms with Crippen molar-refractivity contribution in [3.63, 3.8) is 0 Å². The lowest BCUT2D eigenvalue weighted by Crippen LogP contribution is -2.54. The summed E-state index contributed by atoms with van der Waals surface area (Å²) in [6.07, 6.45) is 5.73. The molecule has 2 aromatic carbocycles. The average molecular weight is 437 g/mol. The number of halogens is 1. The fraction of sp³-hybridized carbons (Fsp3) is 0.333. The molecule has 0 radical (unpaired) electrons. The first-order valence-corrected chi connectivity index (χ1v) is 11.1. The summed E-state index contributed by atoms with van der Waals surface area (Å²) >= 11 is 6.12. The number of piperidine rings is 1. The quantitative estimate of drug-likeness (QED) is 0.646. The molecule has 2 amide bonds. The first-order chi connectivity index (χ1) is 15.0. The van der Waals surface area contributed by atoms with E-state index in [1.54, 1.807) is 11.9 Å². The highest BCUT2D eigenvalue weighted by molar-refractivity contribution is 6.31. The van der Waals surface area contributed by atoms with E-state index < -0.39 is 0 Å². The van der Waals surface area contributed by atoms with E-state index in [0.29, 0.717) is 23.6 Å². The number of aromatic amines is 1. The van der Waals surface area contributed by atoms with Gasteiger partial charge in [0.15, 0.2) is 0 Å². The van der Waals surface area contributed by atoms with Crippen molar-refractivity contribution in [2.75, 3.05) is 29.9 Å². The van der Waals surface area contributed by atoms with E-state index in [1.807, 2.05) is 42.6 Å². The molecule has 5 rings (SSSR count). The van der Waals surface area contributed by atoms with Crippen LogP contribution in [0.1, 0.15) is 35.2 Å². The Morgan fingerprint density at radius 3 is 2.94 bits per heavy atom. The van der Waals surface area contributed by atoms with Gasteiger partial charge in [-0.2, -0.15) is 0 Å². The summed E-state index contributed by atoms with van der Waals surface area (Å²) in [6, 6.07) is 11.3. The summed E-state index contributed by atoms with van der Waals surface area (Å²) in [4.78, 5) is 32.7. The molecule has 0 unspecified atom stereocenters. The van der Waals surface area contributed by atoms with Crippen LogP contribution in [0, 0.1) is 0 Å². The van der Waals surface area contributed by atoms with Gasteiger partial charge in [0.2, 0.25) is 5.91 Å². The minimum atomic E-state index is -0.137. The molecule has 2 N–H and O–H groups in total. The summed E-state index contributed by atoms with van der Waals surface area (Å²) in [5, 5.41) is 4.77. The highest BCUT2D eigenvalue weighted by Gasteiger charge is 2.37. The van der Waals surface area contributed by atoms with E-state index in [1.165, 1.54) is 0 Å². The number of fused-ring (bicyclic) bond motifs is 4. The van der Waals surface area contributed by atoms with Crippen LogP contribution in [-0.2, 0) is 11.2 Å². The van der Waals surface area contributed by atoms with Gasteiger partial charge in [0, 0.05) is 47.8 Å². The van der Waals surface area contributed by atoms with E-state index in [0.717, 1.165) is 53.6 Å². The molecule has 0 aliphatic carbocycles. The second kappa shape index (κ2) is 7.93. The molecule has 1 saturated heterocycles. The van der Waals surface area contributed by atoms with Gasteiger partial charge in [-0.05, 0) is 67.6 Å². The van der Waals surface area contributed by atoms with Crippen LogP contribution in [0.2, 0.25) is 5.02 Å². The molecule has 6 nitrogen and oxygen atoms in total. The molecule has 31 heavy (non-hydrogen) atoms. The Bertz CT molecular complexity index is 1170. The average Bonchev–Trinajstić information content (AvgIpc) is 3.19. The van der Waals surface area contributed by atoms with Gasteiger partial charge >= 0.3 is 0 Å². The molecule has 3 heterocycles. The zero-order valence-corrected chi connectivity index (χ0v) is 18.2. The number of likely N-dealkylation sites (N-methyl/N-ethyl adjacent to an activating group) is 1. The minimum absolute atomic E-state index is 0.0735. The molecule has 160 valence electrons. The van der Waals surface area contributed by atoms with Crippen LogP contribution < -0.4 is 15.1 Å². The number of nitrogens with zero attached hydrogens (tertiary/aromatic N) is 2. The zero-order chi connectivity index (χ0) is 21.5. The second-order valence-electron chi connectivity index (χ2n) is 8.32. The molecular formula is C24H25ClN4O2. The molecule has 2 aliphatic rings. The number of carbonyl (C=O) groups excluding carboxylic acids is 2. The minimum Gasteiger partial charge on any atom is -0.361 e. The molecule has 7 heteroatoms. The van der Waals surface area contributed by atoms with Crippen LogP contribution in [-0.4, -0.2) is 43.0 Å². The summed E-state index contributed by atoms with van der Waals surface area (Å²) in [5.41, 5.74) is 4.56. The van der Waals surface area contributed by atoms with Crippen molar-refractivity contribution in [1.29, 1.82) is 0 Å². The van der Waals surface area contributed by atoms with Crippen molar-refractivity contribution in [3.8, 4) is 0 Å². The number of hydrogen-bond donors (Lipinski definition) is 2. The third-order valence-corrected chi connectivity index (χ3v) is 6.67. The maximum Gasteiger partial charge on any atom is 0.251 e. The molecule has 1 atom stereocenters. The number of aromatic nitrogens is 1. The van der Waals surface area contributed by atoms with Crippen LogP contribution in [0.3, 0.4) is 0 Å². The van der Waals surface area contributed by atoms with E-state index >= 15 is 0 Å². The number of benzene rings is 2. The lowest BCUT2D eigenvalue weighted by molar-refractivity contribution is -0.120. The number of amides is 2. The SMILES string of the molecule is CN1C(=O)[C@@H]2CCCCN2c2ccc(C(=O)NCCc3c[nH]c4ccc(Cl)cc34)cc21. The first kappa shape index (κ1) is 19.9. The number of anilines is 2. The van der Waals surface area contributed by atoms with Crippen LogP contribution in [0.4, 0.5) is 11.4 Å². The zero-order valence-electron chi connectivity index (χ0n) is 17.5. The van der Waals surface area contributed by atoms with Crippen molar-refractivity contribution >= 4 is 45.7 Å². The summed E-state index contributed by atoms with van der Waals surface area (Å²) in [5.74, 6) is -0.0231. The summed E-state index contributed by atoms with van der Waals surface area (Å²) < 4.78 is 0. The fourth-order valence-corrected chi connectivity index (χ4v) is 4.94. The number of rotatable bonds is 4. The fourth-order valence-electron chi connectivity index (χ4n) is 4.77. The van der Waals surface area contributed by atoms with Gasteiger partial charge in [0.05, 0.1) is 11.4 Å². The molecule has 0 spiro atoms. The van der Waals surface area contributed by atoms with Gasteiger partial charge in [-0.3, -0.25) is 9.59 Å². The number of H-pyrrole nitrogens is 1. The molecule has 2 aliphatic heterocycles. The molecular weight excluding hydrogens is 412 g/mol. The maximum absolute atomic E-state index is 12.8. The predicted molar refractivity (Wildman–Crippen MR) is 124 cm³/mol. The Balaban J connectivity index is 1.30. The summed E-state index contributed by atoms with van der Waals surface area (Å²) in [7, 11) is 1.80. The lowest BCUT2D eigenvalue weighted by Gasteiger charge is -2.44. The predicted octanol–water partition coefficient (Wildman–Crippen LogP) is 4.13. The highest BCUT2D eigenvalue weighted by Crippen LogP contribution is 2.39. The van der Waals surface area contributed by atoms with E-state index in [2.05, 4.69) is 15.2 Å². The van der Waals surface area contributed by atoms with Gasteiger partial charge in [-0.25, -0.2) is 0 Å². The molecule has 0 bridgehead atoms. The second-order valence-corrected chi connectivity index (χ2v) is 8.75. The molecule has 1 fully saturated rings. The standard InChI is InChI=1S/C24H25ClN4O2/c1-28-22-12-15(5-8-20(22)29-11-3-2-4-21(29)24(28)31)23(30)26-10-9-16-14-27-19-7-6-17(25)13-18(16)19/h5-8,12-14,21,27H,2-4,9-11H2,1H3,(H,26,30)/t21-/m0/s1. The molecule has 1 aromatic heterocycles. The van der Waals surface area contributed by atoms with E-state index in [-0.39, 0.29) is 17.9 Å². The van der Waals surface area contributed by atoms with E-state index in [4.69, 9.17) is 11.6 Å². The number of carbonyl (C=O) groups is 2. The third-order valence-electron chi connectivity index (χ3n) is 6.44. The molecule has 0 saturated carbocycles. The van der Waals surface area contributed by atoms with Crippen LogP contribution >= 0.6 is 11.6 Å². The van der Waals surface area contributed by atoms with Gasteiger partial charge < -0.3 is 20.1 Å². The summed E-state index contributed by atoms with van der Waals surface area (Å²) in [6.45, 7) is 1.40. The van der Waals surface area contributed by atoms with Crippen LogP contribution in [0.25, 0.3) is 10.9 Å². The largest absolute Gasteiger partial charge is 0.361 e. The van der Waals surface area contributed by atoms with Crippen molar-refractivity contribution < 1.29 is 9.59 Å². The highest BCUT2D eigenvalue weighted by atomic mass is 35.5. The Morgan fingerprint density at radius 1 is 1.19 bits per heavy atom. The Morgan fingerprint density at radius 2 is 2.06 bits per heavy atom. The van der Waals surface area contributed by atoms with Gasteiger partial charge in [-0.15, -0.1) is 0 Å². The van der Waals surface area contributed by atoms with Crippen molar-refractivity contribution in [3.05, 3.63) is 58.7 Å². The number of hydrogen-bond acceptors (Lipinski definition) is 3. The third kappa shape index (κ3) is 3.55. The van der Waals surface area contributed by atoms with Crippen molar-refractivity contribution in [2.24, 2.45) is 0 Å². The van der Waals surface area contributed by atoms with Gasteiger partial charge in [-0.1, -0.05) is 11.6 Å². The topological polar surface area (TPSA) is 68.4 Å². The first-order valence-electron chi connectivity index (χ1n) is 10.7. The normalized spacial score (nSPS) is 18.1. The Kier molecular flexibility index (Phi) is 5.10.